The van der Waals surface area contributed by atoms with Crippen LogP contribution in [0.2, 0.25) is 0 Å². The molecular weight excluding hydrogens is 709 g/mol. The maximum absolute atomic E-state index is 13.4. The summed E-state index contributed by atoms with van der Waals surface area (Å²) in [6, 6.07) is 14.8. The lowest BCUT2D eigenvalue weighted by Gasteiger charge is -2.58. The molecule has 0 aliphatic heterocycles. The van der Waals surface area contributed by atoms with E-state index in [4.69, 9.17) is 9.47 Å². The molecular formula is C51H74O4S. The summed E-state index contributed by atoms with van der Waals surface area (Å²) in [6.07, 6.45) is 26.6. The highest BCUT2D eigenvalue weighted by atomic mass is 32.2. The fourth-order valence-corrected chi connectivity index (χ4v) is 12.7. The fourth-order valence-electron chi connectivity index (χ4n) is 11.9. The number of esters is 1. The molecule has 56 heavy (non-hydrogen) atoms. The third-order valence-electron chi connectivity index (χ3n) is 15.2. The first-order valence-corrected chi connectivity index (χ1v) is 23.8. The van der Waals surface area contributed by atoms with Crippen LogP contribution in [0.4, 0.5) is 0 Å². The Morgan fingerprint density at radius 2 is 1.46 bits per heavy atom. The van der Waals surface area contributed by atoms with Gasteiger partial charge in [0.15, 0.2) is 0 Å². The summed E-state index contributed by atoms with van der Waals surface area (Å²) in [5.74, 6) is 5.50. The van der Waals surface area contributed by atoms with Crippen molar-refractivity contribution < 1.29 is 19.1 Å². The monoisotopic (exact) mass is 783 g/mol. The highest BCUT2D eigenvalue weighted by Gasteiger charge is 2.59. The molecule has 0 heterocycles. The van der Waals surface area contributed by atoms with Crippen molar-refractivity contribution >= 4 is 22.8 Å². The SMILES string of the molecule is CCCCCCCCCCOc1ccc(C(=O)Sc2ccc(C(=O)O[C@H]3CC[C@@]4(C)C(=CC[C@H]5[C@@H]6CC[C@H]([C@H](C)CCCC(C)C)[C@@]6(C)CC[C@@H]54)C3)cc2)cc1. The van der Waals surface area contributed by atoms with Crippen LogP contribution in [0.15, 0.2) is 65.1 Å². The summed E-state index contributed by atoms with van der Waals surface area (Å²) in [5, 5.41) is -0.0230. The maximum atomic E-state index is 13.4. The summed E-state index contributed by atoms with van der Waals surface area (Å²) in [4.78, 5) is 27.2. The number of ether oxygens (including phenoxy) is 2. The molecule has 0 radical (unpaired) electrons. The summed E-state index contributed by atoms with van der Waals surface area (Å²) in [7, 11) is 0. The lowest BCUT2D eigenvalue weighted by molar-refractivity contribution is -0.0594. The van der Waals surface area contributed by atoms with Gasteiger partial charge in [0.1, 0.15) is 11.9 Å². The first kappa shape index (κ1) is 43.1. The van der Waals surface area contributed by atoms with E-state index in [0.717, 1.165) is 71.8 Å². The van der Waals surface area contributed by atoms with Crippen LogP contribution in [0.25, 0.3) is 0 Å². The van der Waals surface area contributed by atoms with E-state index in [1.54, 1.807) is 17.7 Å². The molecule has 3 saturated carbocycles. The maximum Gasteiger partial charge on any atom is 0.338 e. The van der Waals surface area contributed by atoms with Gasteiger partial charge in [0.05, 0.1) is 12.2 Å². The Morgan fingerprint density at radius 1 is 0.768 bits per heavy atom. The largest absolute Gasteiger partial charge is 0.494 e. The summed E-state index contributed by atoms with van der Waals surface area (Å²) < 4.78 is 12.1. The Labute approximate surface area is 345 Å². The summed E-state index contributed by atoms with van der Waals surface area (Å²) in [5.41, 5.74) is 3.48. The minimum Gasteiger partial charge on any atom is -0.494 e. The number of rotatable bonds is 19. The molecule has 4 nitrogen and oxygen atoms in total. The zero-order valence-electron chi connectivity index (χ0n) is 35.9. The van der Waals surface area contributed by atoms with Crippen molar-refractivity contribution in [3.63, 3.8) is 0 Å². The predicted molar refractivity (Wildman–Crippen MR) is 233 cm³/mol. The smallest absolute Gasteiger partial charge is 0.338 e. The third-order valence-corrected chi connectivity index (χ3v) is 16.1. The first-order chi connectivity index (χ1) is 27.0. The molecule has 0 N–H and O–H groups in total. The van der Waals surface area contributed by atoms with E-state index >= 15 is 0 Å². The van der Waals surface area contributed by atoms with E-state index < -0.39 is 0 Å². The van der Waals surface area contributed by atoms with Gasteiger partial charge in [-0.1, -0.05) is 117 Å². The van der Waals surface area contributed by atoms with Crippen molar-refractivity contribution in [2.75, 3.05) is 6.61 Å². The van der Waals surface area contributed by atoms with Crippen LogP contribution in [0.3, 0.4) is 0 Å². The normalized spacial score (nSPS) is 28.8. The highest BCUT2D eigenvalue weighted by Crippen LogP contribution is 2.67. The zero-order chi connectivity index (χ0) is 39.7. The second kappa shape index (κ2) is 20.0. The number of fused-ring (bicyclic) bond motifs is 5. The number of thioether (sulfide) groups is 1. The molecule has 0 amide bonds. The molecule has 4 aliphatic carbocycles. The Morgan fingerprint density at radius 3 is 2.18 bits per heavy atom. The molecule has 308 valence electrons. The van der Waals surface area contributed by atoms with Gasteiger partial charge < -0.3 is 9.47 Å². The summed E-state index contributed by atoms with van der Waals surface area (Å²) in [6.45, 7) is 15.5. The van der Waals surface area contributed by atoms with Crippen LogP contribution < -0.4 is 4.74 Å². The van der Waals surface area contributed by atoms with E-state index in [2.05, 4.69) is 47.6 Å². The molecule has 2 aromatic rings. The van der Waals surface area contributed by atoms with Gasteiger partial charge in [0.2, 0.25) is 5.12 Å². The van der Waals surface area contributed by atoms with Crippen molar-refractivity contribution in [1.29, 1.82) is 0 Å². The minimum absolute atomic E-state index is 0.0230. The number of allylic oxidation sites excluding steroid dienone is 1. The van der Waals surface area contributed by atoms with Crippen LogP contribution >= 0.6 is 11.8 Å². The van der Waals surface area contributed by atoms with Gasteiger partial charge in [-0.3, -0.25) is 4.79 Å². The molecule has 4 aliphatic rings. The molecule has 2 aromatic carbocycles. The van der Waals surface area contributed by atoms with Crippen molar-refractivity contribution in [1.82, 2.24) is 0 Å². The van der Waals surface area contributed by atoms with E-state index in [1.807, 2.05) is 36.4 Å². The fraction of sp³-hybridized carbons (Fsp3) is 0.686. The number of hydrogen-bond donors (Lipinski definition) is 0. The zero-order valence-corrected chi connectivity index (χ0v) is 36.7. The lowest BCUT2D eigenvalue weighted by Crippen LogP contribution is -2.51. The second-order valence-corrected chi connectivity index (χ2v) is 20.4. The van der Waals surface area contributed by atoms with Crippen molar-refractivity contribution in [3.05, 3.63) is 71.3 Å². The van der Waals surface area contributed by atoms with Gasteiger partial charge in [-0.15, -0.1) is 0 Å². The van der Waals surface area contributed by atoms with Crippen molar-refractivity contribution in [2.24, 2.45) is 46.3 Å². The van der Waals surface area contributed by atoms with Gasteiger partial charge in [0, 0.05) is 16.9 Å². The predicted octanol–water partition coefficient (Wildman–Crippen LogP) is 14.7. The molecule has 0 bridgehead atoms. The molecule has 8 atom stereocenters. The van der Waals surface area contributed by atoms with E-state index in [9.17, 15) is 9.59 Å². The Hall–Kier alpha value is -2.53. The minimum atomic E-state index is -0.258. The first-order valence-electron chi connectivity index (χ1n) is 23.0. The third kappa shape index (κ3) is 10.4. The molecule has 6 rings (SSSR count). The average Bonchev–Trinajstić information content (AvgIpc) is 3.55. The van der Waals surface area contributed by atoms with Crippen molar-refractivity contribution in [2.45, 2.75) is 175 Å². The standard InChI is InChI=1S/C51H74O4S/c1-7-8-9-10-11-12-13-14-34-54-41-23-18-39(19-24-41)49(53)56-43-25-20-38(21-26-43)48(52)55-42-30-32-50(5)40(35-42)22-27-44-46-29-28-45(37(4)17-15-16-36(2)3)51(46,6)33-31-47(44)50/h18-26,36-37,42,44-47H,7-17,27-35H2,1-6H3/t37-,42+,44+,45-,46+,47+,50+,51-/m1/s1. The Balaban J connectivity index is 0.947. The Kier molecular flexibility index (Phi) is 15.3. The van der Waals surface area contributed by atoms with Crippen LogP contribution in [0.5, 0.6) is 5.75 Å². The van der Waals surface area contributed by atoms with Crippen LogP contribution in [-0.2, 0) is 4.74 Å². The second-order valence-electron chi connectivity index (χ2n) is 19.3. The Bertz CT molecular complexity index is 1590. The van der Waals surface area contributed by atoms with Crippen LogP contribution in [0, 0.1) is 46.3 Å². The van der Waals surface area contributed by atoms with Crippen molar-refractivity contribution in [3.8, 4) is 5.75 Å². The van der Waals surface area contributed by atoms with E-state index in [-0.39, 0.29) is 22.6 Å². The highest BCUT2D eigenvalue weighted by molar-refractivity contribution is 8.14. The van der Waals surface area contributed by atoms with Gasteiger partial charge >= 0.3 is 5.97 Å². The molecule has 0 spiro atoms. The van der Waals surface area contributed by atoms with E-state index in [1.165, 1.54) is 108 Å². The van der Waals surface area contributed by atoms with E-state index in [0.29, 0.717) is 23.1 Å². The molecule has 5 heteroatoms. The van der Waals surface area contributed by atoms with Crippen LogP contribution in [-0.4, -0.2) is 23.8 Å². The topological polar surface area (TPSA) is 52.6 Å². The average molecular weight is 783 g/mol. The number of carbonyl (C=O) groups is 2. The number of hydrogen-bond acceptors (Lipinski definition) is 5. The number of carbonyl (C=O) groups excluding carboxylic acids is 2. The lowest BCUT2D eigenvalue weighted by atomic mass is 9.47. The molecule has 0 unspecified atom stereocenters. The van der Waals surface area contributed by atoms with Gasteiger partial charge in [-0.05, 0) is 158 Å². The molecule has 0 saturated heterocycles. The number of benzene rings is 2. The quantitative estimate of drug-likeness (QED) is 0.0615. The van der Waals surface area contributed by atoms with Gasteiger partial charge in [0.25, 0.3) is 0 Å². The van der Waals surface area contributed by atoms with Crippen LogP contribution in [0.1, 0.15) is 184 Å². The molecule has 0 aromatic heterocycles. The van der Waals surface area contributed by atoms with Gasteiger partial charge in [-0.25, -0.2) is 4.79 Å². The summed E-state index contributed by atoms with van der Waals surface area (Å²) >= 11 is 1.18. The number of unbranched alkanes of at least 4 members (excludes halogenated alkanes) is 7. The van der Waals surface area contributed by atoms with Gasteiger partial charge in [-0.2, -0.15) is 0 Å². The molecule has 3 fully saturated rings.